The van der Waals surface area contributed by atoms with E-state index in [1.807, 2.05) is 0 Å². The van der Waals surface area contributed by atoms with Crippen molar-refractivity contribution in [3.8, 4) is 11.8 Å². The summed E-state index contributed by atoms with van der Waals surface area (Å²) in [6.07, 6.45) is 0. The summed E-state index contributed by atoms with van der Waals surface area (Å²) in [5.74, 6) is 0.161. The lowest BCUT2D eigenvalue weighted by Crippen LogP contribution is -2.00. The third-order valence-electron chi connectivity index (χ3n) is 1.78. The van der Waals surface area contributed by atoms with Crippen molar-refractivity contribution >= 4 is 52.4 Å². The Labute approximate surface area is 122 Å². The van der Waals surface area contributed by atoms with Gasteiger partial charge in [0.15, 0.2) is 5.75 Å². The summed E-state index contributed by atoms with van der Waals surface area (Å²) in [7, 11) is 0. The van der Waals surface area contributed by atoms with Gasteiger partial charge in [-0.3, -0.25) is 0 Å². The molecule has 2 rings (SSSR count). The molecule has 0 unspecified atom stereocenters. The third-order valence-corrected chi connectivity index (χ3v) is 2.97. The van der Waals surface area contributed by atoms with Crippen molar-refractivity contribution in [3.63, 3.8) is 0 Å². The third kappa shape index (κ3) is 3.05. The summed E-state index contributed by atoms with van der Waals surface area (Å²) in [5.41, 5.74) is 5.40. The summed E-state index contributed by atoms with van der Waals surface area (Å²) in [6.45, 7) is 0. The molecule has 0 saturated heterocycles. The van der Waals surface area contributed by atoms with Crippen LogP contribution < -0.4 is 10.5 Å². The zero-order valence-corrected chi connectivity index (χ0v) is 11.5. The molecule has 9 heteroatoms. The van der Waals surface area contributed by atoms with Crippen molar-refractivity contribution in [2.45, 2.75) is 0 Å². The van der Waals surface area contributed by atoms with E-state index < -0.39 is 0 Å². The minimum Gasteiger partial charge on any atom is -0.422 e. The molecule has 0 saturated carbocycles. The Kier molecular flexibility index (Phi) is 3.97. The smallest absolute Gasteiger partial charge is 0.328 e. The Balaban J connectivity index is 2.36. The molecule has 94 valence electrons. The highest BCUT2D eigenvalue weighted by Crippen LogP contribution is 2.35. The maximum absolute atomic E-state index is 5.93. The Morgan fingerprint density at radius 3 is 2.22 bits per heavy atom. The molecule has 2 aromatic rings. The van der Waals surface area contributed by atoms with Crippen LogP contribution in [0.1, 0.15) is 0 Å². The molecule has 0 spiro atoms. The highest BCUT2D eigenvalue weighted by atomic mass is 35.5. The summed E-state index contributed by atoms with van der Waals surface area (Å²) in [4.78, 5) is 11.1. The zero-order valence-electron chi connectivity index (χ0n) is 8.49. The molecule has 0 aliphatic rings. The Bertz CT molecular complexity index is 587. The topological polar surface area (TPSA) is 73.9 Å². The zero-order chi connectivity index (χ0) is 13.3. The highest BCUT2D eigenvalue weighted by Gasteiger charge is 2.11. The number of hydrogen-bond donors (Lipinski definition) is 1. The van der Waals surface area contributed by atoms with Crippen LogP contribution in [-0.2, 0) is 0 Å². The van der Waals surface area contributed by atoms with Crippen LogP contribution in [0.3, 0.4) is 0 Å². The van der Waals surface area contributed by atoms with Crippen molar-refractivity contribution < 1.29 is 4.74 Å². The number of anilines is 1. The van der Waals surface area contributed by atoms with Crippen molar-refractivity contribution in [2.24, 2.45) is 0 Å². The Morgan fingerprint density at radius 2 is 1.56 bits per heavy atom. The van der Waals surface area contributed by atoms with Crippen LogP contribution in [0.15, 0.2) is 12.1 Å². The molecule has 2 N–H and O–H groups in total. The van der Waals surface area contributed by atoms with Gasteiger partial charge in [-0.15, -0.1) is 0 Å². The second-order valence-corrected chi connectivity index (χ2v) is 4.60. The van der Waals surface area contributed by atoms with Gasteiger partial charge >= 0.3 is 6.01 Å². The number of rotatable bonds is 2. The van der Waals surface area contributed by atoms with E-state index >= 15 is 0 Å². The first kappa shape index (κ1) is 13.4. The first-order chi connectivity index (χ1) is 8.45. The van der Waals surface area contributed by atoms with Gasteiger partial charge in [0.05, 0.1) is 15.1 Å². The number of nitrogens with zero attached hydrogens (tertiary/aromatic N) is 3. The van der Waals surface area contributed by atoms with Crippen molar-refractivity contribution in [2.75, 3.05) is 5.73 Å². The molecule has 0 atom stereocenters. The number of aromatic nitrogens is 3. The standard InChI is InChI=1S/C9H4Cl4N4O/c10-3-1-5(12)6(2-4(3)11)18-9-16-7(13)15-8(14)17-9/h1-2H,(H2,14,15,16,17). The lowest BCUT2D eigenvalue weighted by molar-refractivity contribution is 0.441. The maximum atomic E-state index is 5.93. The molecule has 0 bridgehead atoms. The van der Waals surface area contributed by atoms with Crippen LogP contribution in [0.2, 0.25) is 20.4 Å². The molecule has 1 aromatic heterocycles. The molecule has 0 aliphatic carbocycles. The number of nitrogen functional groups attached to an aromatic ring is 1. The molecule has 5 nitrogen and oxygen atoms in total. The van der Waals surface area contributed by atoms with E-state index in [0.29, 0.717) is 5.02 Å². The molecular weight excluding hydrogens is 322 g/mol. The summed E-state index contributed by atoms with van der Waals surface area (Å²) in [5, 5.41) is 0.750. The van der Waals surface area contributed by atoms with Gasteiger partial charge in [-0.05, 0) is 17.7 Å². The first-order valence-corrected chi connectivity index (χ1v) is 5.96. The quantitative estimate of drug-likeness (QED) is 0.848. The van der Waals surface area contributed by atoms with E-state index in [1.165, 1.54) is 12.1 Å². The summed E-state index contributed by atoms with van der Waals surface area (Å²) < 4.78 is 5.30. The molecule has 0 fully saturated rings. The fourth-order valence-electron chi connectivity index (χ4n) is 1.07. The van der Waals surface area contributed by atoms with Gasteiger partial charge in [-0.2, -0.15) is 15.0 Å². The van der Waals surface area contributed by atoms with Crippen LogP contribution in [0.25, 0.3) is 0 Å². The van der Waals surface area contributed by atoms with E-state index in [1.54, 1.807) is 0 Å². The maximum Gasteiger partial charge on any atom is 0.328 e. The average Bonchev–Trinajstić information content (AvgIpc) is 2.24. The fraction of sp³-hybridized carbons (Fsp3) is 0. The second kappa shape index (κ2) is 5.32. The first-order valence-electron chi connectivity index (χ1n) is 4.45. The minimum absolute atomic E-state index is 0.0683. The molecule has 18 heavy (non-hydrogen) atoms. The minimum atomic E-state index is -0.0900. The van der Waals surface area contributed by atoms with Crippen molar-refractivity contribution in [1.29, 1.82) is 0 Å². The van der Waals surface area contributed by atoms with Gasteiger partial charge in [-0.25, -0.2) is 0 Å². The molecule has 0 amide bonds. The normalized spacial score (nSPS) is 10.4. The number of benzene rings is 1. The lowest BCUT2D eigenvalue weighted by atomic mass is 10.3. The molecule has 0 aliphatic heterocycles. The van der Waals surface area contributed by atoms with Crippen LogP contribution in [0.5, 0.6) is 11.8 Å². The van der Waals surface area contributed by atoms with Gasteiger partial charge < -0.3 is 10.5 Å². The molecule has 0 radical (unpaired) electrons. The fourth-order valence-corrected chi connectivity index (χ4v) is 1.81. The number of nitrogens with two attached hydrogens (primary N) is 1. The summed E-state index contributed by atoms with van der Waals surface area (Å²) >= 11 is 23.2. The predicted molar refractivity (Wildman–Crippen MR) is 70.8 cm³/mol. The number of halogens is 4. The van der Waals surface area contributed by atoms with Gasteiger partial charge in [-0.1, -0.05) is 34.8 Å². The van der Waals surface area contributed by atoms with E-state index in [9.17, 15) is 0 Å². The Morgan fingerprint density at radius 1 is 0.889 bits per heavy atom. The summed E-state index contributed by atoms with van der Waals surface area (Å²) in [6, 6.07) is 2.78. The van der Waals surface area contributed by atoms with Crippen LogP contribution in [0, 0.1) is 0 Å². The second-order valence-electron chi connectivity index (χ2n) is 3.04. The Hall–Kier alpha value is -1.01. The average molecular weight is 326 g/mol. The van der Waals surface area contributed by atoms with Crippen molar-refractivity contribution in [1.82, 2.24) is 15.0 Å². The van der Waals surface area contributed by atoms with E-state index in [2.05, 4.69) is 15.0 Å². The highest BCUT2D eigenvalue weighted by molar-refractivity contribution is 6.43. The van der Waals surface area contributed by atoms with Gasteiger partial charge in [0.2, 0.25) is 11.2 Å². The van der Waals surface area contributed by atoms with Crippen LogP contribution in [0.4, 0.5) is 5.95 Å². The molecule has 1 aromatic carbocycles. The van der Waals surface area contributed by atoms with Crippen molar-refractivity contribution in [3.05, 3.63) is 32.5 Å². The monoisotopic (exact) mass is 324 g/mol. The molecular formula is C9H4Cl4N4O. The van der Waals surface area contributed by atoms with E-state index in [4.69, 9.17) is 56.9 Å². The van der Waals surface area contributed by atoms with Crippen LogP contribution >= 0.6 is 46.4 Å². The van der Waals surface area contributed by atoms with Crippen LogP contribution in [-0.4, -0.2) is 15.0 Å². The lowest BCUT2D eigenvalue weighted by Gasteiger charge is -2.07. The molecule has 1 heterocycles. The predicted octanol–water partition coefficient (Wildman–Crippen LogP) is 3.86. The number of hydrogen-bond acceptors (Lipinski definition) is 5. The largest absolute Gasteiger partial charge is 0.422 e. The van der Waals surface area contributed by atoms with E-state index in [0.717, 1.165) is 0 Å². The SMILES string of the molecule is Nc1nc(Cl)nc(Oc2cc(Cl)c(Cl)cc2Cl)n1. The van der Waals surface area contributed by atoms with Gasteiger partial charge in [0.25, 0.3) is 0 Å². The van der Waals surface area contributed by atoms with Gasteiger partial charge in [0.1, 0.15) is 0 Å². The number of ether oxygens (including phenoxy) is 1. The van der Waals surface area contributed by atoms with E-state index in [-0.39, 0.29) is 33.0 Å². The van der Waals surface area contributed by atoms with Gasteiger partial charge in [0, 0.05) is 6.07 Å².